The van der Waals surface area contributed by atoms with Crippen molar-refractivity contribution in [1.82, 2.24) is 10.2 Å². The fraction of sp³-hybridized carbons (Fsp3) is 0.562. The van der Waals surface area contributed by atoms with Crippen LogP contribution >= 0.6 is 23.2 Å². The number of rotatable bonds is 2. The topological polar surface area (TPSA) is 32.3 Å². The molecule has 0 aromatic heterocycles. The van der Waals surface area contributed by atoms with Gasteiger partial charge in [-0.25, -0.2) is 0 Å². The summed E-state index contributed by atoms with van der Waals surface area (Å²) in [5.41, 5.74) is 0.820. The summed E-state index contributed by atoms with van der Waals surface area (Å²) in [6.07, 6.45) is 2.55. The maximum atomic E-state index is 12.5. The van der Waals surface area contributed by atoms with Crippen LogP contribution in [0, 0.1) is 11.8 Å². The Bertz CT molecular complexity index is 521. The summed E-state index contributed by atoms with van der Waals surface area (Å²) in [6, 6.07) is 5.29. The molecule has 2 atom stereocenters. The molecule has 0 saturated carbocycles. The molecule has 0 bridgehead atoms. The van der Waals surface area contributed by atoms with Crippen molar-refractivity contribution in [3.8, 4) is 0 Å². The Morgan fingerprint density at radius 1 is 1.19 bits per heavy atom. The zero-order chi connectivity index (χ0) is 14.8. The number of fused-ring (bicyclic) bond motifs is 1. The first-order valence-electron chi connectivity index (χ1n) is 7.56. The average Bonchev–Trinajstić information content (AvgIpc) is 2.81. The van der Waals surface area contributed by atoms with Crippen LogP contribution in [0.2, 0.25) is 10.0 Å². The summed E-state index contributed by atoms with van der Waals surface area (Å²) in [5.74, 6) is 1.63. The molecule has 2 saturated heterocycles. The van der Waals surface area contributed by atoms with Crippen LogP contribution in [0.5, 0.6) is 0 Å². The molecule has 5 heteroatoms. The summed E-state index contributed by atoms with van der Waals surface area (Å²) in [5, 5.41) is 4.69. The number of nitrogens with zero attached hydrogens (tertiary/aromatic N) is 1. The largest absolute Gasteiger partial charge is 0.342 e. The van der Waals surface area contributed by atoms with E-state index in [0.717, 1.165) is 56.4 Å². The second kappa shape index (κ2) is 6.55. The lowest BCUT2D eigenvalue weighted by molar-refractivity contribution is -0.130. The number of carbonyl (C=O) groups is 1. The Labute approximate surface area is 135 Å². The van der Waals surface area contributed by atoms with Crippen molar-refractivity contribution in [3.05, 3.63) is 33.8 Å². The number of nitrogens with one attached hydrogen (secondary N) is 1. The smallest absolute Gasteiger partial charge is 0.227 e. The SMILES string of the molecule is O=C(Cc1cc(Cl)ccc1Cl)N1CC[C@@H]2CNC[C@@H]2CC1. The fourth-order valence-electron chi connectivity index (χ4n) is 3.42. The van der Waals surface area contributed by atoms with Gasteiger partial charge in [0.25, 0.3) is 0 Å². The summed E-state index contributed by atoms with van der Waals surface area (Å²) < 4.78 is 0. The van der Waals surface area contributed by atoms with Crippen LogP contribution in [0.1, 0.15) is 18.4 Å². The van der Waals surface area contributed by atoms with Gasteiger partial charge < -0.3 is 10.2 Å². The van der Waals surface area contributed by atoms with Gasteiger partial charge in [-0.3, -0.25) is 4.79 Å². The monoisotopic (exact) mass is 326 g/mol. The highest BCUT2D eigenvalue weighted by atomic mass is 35.5. The summed E-state index contributed by atoms with van der Waals surface area (Å²) in [6.45, 7) is 3.93. The highest BCUT2D eigenvalue weighted by Gasteiger charge is 2.31. The summed E-state index contributed by atoms with van der Waals surface area (Å²) >= 11 is 12.1. The van der Waals surface area contributed by atoms with Crippen molar-refractivity contribution in [3.63, 3.8) is 0 Å². The van der Waals surface area contributed by atoms with Crippen molar-refractivity contribution in [2.75, 3.05) is 26.2 Å². The molecule has 0 radical (unpaired) electrons. The molecule has 1 N–H and O–H groups in total. The molecule has 114 valence electrons. The van der Waals surface area contributed by atoms with Crippen LogP contribution in [0.4, 0.5) is 0 Å². The van der Waals surface area contributed by atoms with E-state index in [1.54, 1.807) is 18.2 Å². The minimum Gasteiger partial charge on any atom is -0.342 e. The quantitative estimate of drug-likeness (QED) is 0.906. The maximum Gasteiger partial charge on any atom is 0.227 e. The van der Waals surface area contributed by atoms with E-state index in [9.17, 15) is 4.79 Å². The molecule has 2 heterocycles. The van der Waals surface area contributed by atoms with Crippen molar-refractivity contribution >= 4 is 29.1 Å². The van der Waals surface area contributed by atoms with Crippen LogP contribution in [0.15, 0.2) is 18.2 Å². The van der Waals surface area contributed by atoms with E-state index in [2.05, 4.69) is 5.32 Å². The molecule has 2 aliphatic rings. The lowest BCUT2D eigenvalue weighted by atomic mass is 9.92. The fourth-order valence-corrected chi connectivity index (χ4v) is 3.80. The molecule has 1 aromatic carbocycles. The van der Waals surface area contributed by atoms with E-state index in [-0.39, 0.29) is 5.91 Å². The van der Waals surface area contributed by atoms with E-state index in [1.165, 1.54) is 0 Å². The molecule has 1 aromatic rings. The third kappa shape index (κ3) is 3.53. The van der Waals surface area contributed by atoms with Crippen molar-refractivity contribution in [2.45, 2.75) is 19.3 Å². The lowest BCUT2D eigenvalue weighted by Gasteiger charge is -2.21. The Balaban J connectivity index is 1.64. The van der Waals surface area contributed by atoms with Crippen molar-refractivity contribution in [1.29, 1.82) is 0 Å². The Morgan fingerprint density at radius 3 is 2.52 bits per heavy atom. The van der Waals surface area contributed by atoms with Gasteiger partial charge in [0.15, 0.2) is 0 Å². The number of hydrogen-bond acceptors (Lipinski definition) is 2. The van der Waals surface area contributed by atoms with Crippen molar-refractivity contribution in [2.24, 2.45) is 11.8 Å². The van der Waals surface area contributed by atoms with Gasteiger partial charge in [0.05, 0.1) is 6.42 Å². The van der Waals surface area contributed by atoms with E-state index in [1.807, 2.05) is 4.90 Å². The zero-order valence-electron chi connectivity index (χ0n) is 11.9. The van der Waals surface area contributed by atoms with Crippen LogP contribution < -0.4 is 5.32 Å². The molecule has 21 heavy (non-hydrogen) atoms. The second-order valence-electron chi connectivity index (χ2n) is 6.05. The molecule has 3 rings (SSSR count). The van der Waals surface area contributed by atoms with Crippen LogP contribution in [-0.2, 0) is 11.2 Å². The highest BCUT2D eigenvalue weighted by Crippen LogP contribution is 2.28. The molecule has 0 unspecified atom stereocenters. The number of hydrogen-bond donors (Lipinski definition) is 1. The third-order valence-corrected chi connectivity index (χ3v) is 5.33. The molecule has 2 aliphatic heterocycles. The number of amides is 1. The van der Waals surface area contributed by atoms with Crippen LogP contribution in [-0.4, -0.2) is 37.0 Å². The highest BCUT2D eigenvalue weighted by molar-refractivity contribution is 6.33. The first-order chi connectivity index (χ1) is 10.1. The third-order valence-electron chi connectivity index (χ3n) is 4.72. The predicted molar refractivity (Wildman–Crippen MR) is 85.8 cm³/mol. The van der Waals surface area contributed by atoms with Gasteiger partial charge in [-0.2, -0.15) is 0 Å². The molecule has 0 aliphatic carbocycles. The van der Waals surface area contributed by atoms with E-state index >= 15 is 0 Å². The summed E-state index contributed by atoms with van der Waals surface area (Å²) in [4.78, 5) is 14.5. The van der Waals surface area contributed by atoms with Gasteiger partial charge in [-0.05, 0) is 61.5 Å². The number of likely N-dealkylation sites (tertiary alicyclic amines) is 1. The zero-order valence-corrected chi connectivity index (χ0v) is 13.5. The molecule has 1 amide bonds. The standard InChI is InChI=1S/C16H20Cl2N2O/c17-14-1-2-15(18)13(7-14)8-16(21)20-5-3-11-9-19-10-12(11)4-6-20/h1-2,7,11-12,19H,3-6,8-10H2/t11-,12+. The molecule has 2 fully saturated rings. The van der Waals surface area contributed by atoms with Gasteiger partial charge >= 0.3 is 0 Å². The minimum atomic E-state index is 0.159. The normalized spacial score (nSPS) is 25.5. The lowest BCUT2D eigenvalue weighted by Crippen LogP contribution is -2.34. The Morgan fingerprint density at radius 2 is 1.86 bits per heavy atom. The van der Waals surface area contributed by atoms with Gasteiger partial charge in [0, 0.05) is 23.1 Å². The van der Waals surface area contributed by atoms with Crippen molar-refractivity contribution < 1.29 is 4.79 Å². The minimum absolute atomic E-state index is 0.159. The van der Waals surface area contributed by atoms with Gasteiger partial charge in [-0.1, -0.05) is 23.2 Å². The molecular formula is C16H20Cl2N2O. The Hall–Kier alpha value is -0.770. The Kier molecular flexibility index (Phi) is 4.72. The van der Waals surface area contributed by atoms with Gasteiger partial charge in [0.2, 0.25) is 5.91 Å². The first kappa shape index (κ1) is 15.1. The summed E-state index contributed by atoms with van der Waals surface area (Å²) in [7, 11) is 0. The average molecular weight is 327 g/mol. The number of benzene rings is 1. The van der Waals surface area contributed by atoms with Gasteiger partial charge in [-0.15, -0.1) is 0 Å². The van der Waals surface area contributed by atoms with Crippen LogP contribution in [0.3, 0.4) is 0 Å². The van der Waals surface area contributed by atoms with Crippen LogP contribution in [0.25, 0.3) is 0 Å². The van der Waals surface area contributed by atoms with E-state index < -0.39 is 0 Å². The number of halogens is 2. The van der Waals surface area contributed by atoms with E-state index in [0.29, 0.717) is 16.5 Å². The molecule has 0 spiro atoms. The van der Waals surface area contributed by atoms with E-state index in [4.69, 9.17) is 23.2 Å². The first-order valence-corrected chi connectivity index (χ1v) is 8.31. The second-order valence-corrected chi connectivity index (χ2v) is 6.89. The number of carbonyl (C=O) groups excluding carboxylic acids is 1. The maximum absolute atomic E-state index is 12.5. The molecule has 3 nitrogen and oxygen atoms in total. The predicted octanol–water partition coefficient (Wildman–Crippen LogP) is 2.99. The molecular weight excluding hydrogens is 307 g/mol. The van der Waals surface area contributed by atoms with Gasteiger partial charge in [0.1, 0.15) is 0 Å².